The summed E-state index contributed by atoms with van der Waals surface area (Å²) >= 11 is 0. The first-order valence-electron chi connectivity index (χ1n) is 16.8. The van der Waals surface area contributed by atoms with Gasteiger partial charge in [0.15, 0.2) is 11.6 Å². The summed E-state index contributed by atoms with van der Waals surface area (Å²) in [6, 6.07) is 39.4. The highest BCUT2D eigenvalue weighted by Crippen LogP contribution is 2.43. The molecule has 0 saturated heterocycles. The van der Waals surface area contributed by atoms with Crippen molar-refractivity contribution in [3.63, 3.8) is 0 Å². The molecule has 0 unspecified atom stereocenters. The standard InChI is InChI=1S/C43H39N7/c1-28-23-30(3)39(31(4)24-28)50(40-32(5)25-29(2)26-33(40)6)37-19-17-36(18-20-37)49(38-21-22-44-27-45-38)43-47-41(34-13-9-7-10-14-34)46-42(48-43)35-15-11-8-12-16-35/h7-27H,1-6H3. The number of anilines is 6. The number of hydrogen-bond donors (Lipinski definition) is 0. The second-order valence-electron chi connectivity index (χ2n) is 12.8. The Morgan fingerprint density at radius 1 is 0.460 bits per heavy atom. The van der Waals surface area contributed by atoms with Gasteiger partial charge >= 0.3 is 0 Å². The minimum absolute atomic E-state index is 0.455. The molecule has 246 valence electrons. The summed E-state index contributed by atoms with van der Waals surface area (Å²) in [7, 11) is 0. The van der Waals surface area contributed by atoms with Crippen LogP contribution in [0.25, 0.3) is 22.8 Å². The molecule has 0 aliphatic carbocycles. The van der Waals surface area contributed by atoms with Gasteiger partial charge in [-0.15, -0.1) is 0 Å². The summed E-state index contributed by atoms with van der Waals surface area (Å²) in [5, 5.41) is 0. The predicted molar refractivity (Wildman–Crippen MR) is 204 cm³/mol. The number of nitrogens with zero attached hydrogens (tertiary/aromatic N) is 7. The van der Waals surface area contributed by atoms with Crippen LogP contribution >= 0.6 is 0 Å². The molecule has 0 saturated carbocycles. The van der Waals surface area contributed by atoms with Gasteiger partial charge in [-0.2, -0.15) is 9.97 Å². The third-order valence-corrected chi connectivity index (χ3v) is 8.77. The molecular formula is C43H39N7. The van der Waals surface area contributed by atoms with E-state index >= 15 is 0 Å². The van der Waals surface area contributed by atoms with E-state index in [1.165, 1.54) is 44.8 Å². The third kappa shape index (κ3) is 6.45. The van der Waals surface area contributed by atoms with Crippen LogP contribution < -0.4 is 9.80 Å². The van der Waals surface area contributed by atoms with E-state index in [1.807, 2.05) is 71.6 Å². The van der Waals surface area contributed by atoms with Crippen molar-refractivity contribution in [2.75, 3.05) is 9.80 Å². The van der Waals surface area contributed by atoms with Crippen LogP contribution in [0.5, 0.6) is 0 Å². The van der Waals surface area contributed by atoms with Gasteiger partial charge in [-0.05, 0) is 94.1 Å². The first kappa shape index (κ1) is 32.3. The second kappa shape index (κ2) is 13.7. The van der Waals surface area contributed by atoms with Gasteiger partial charge in [0.1, 0.15) is 12.1 Å². The largest absolute Gasteiger partial charge is 0.309 e. The van der Waals surface area contributed by atoms with Crippen molar-refractivity contribution in [1.82, 2.24) is 24.9 Å². The van der Waals surface area contributed by atoms with Gasteiger partial charge in [-0.3, -0.25) is 4.90 Å². The van der Waals surface area contributed by atoms with Crippen LogP contribution in [0, 0.1) is 41.5 Å². The van der Waals surface area contributed by atoms with Gasteiger partial charge in [0.25, 0.3) is 0 Å². The van der Waals surface area contributed by atoms with E-state index in [1.54, 1.807) is 12.5 Å². The molecule has 0 fully saturated rings. The number of aromatic nitrogens is 5. The number of aryl methyl sites for hydroxylation is 6. The Labute approximate surface area is 294 Å². The van der Waals surface area contributed by atoms with E-state index < -0.39 is 0 Å². The van der Waals surface area contributed by atoms with Gasteiger partial charge in [-0.25, -0.2) is 15.0 Å². The van der Waals surface area contributed by atoms with Crippen LogP contribution in [-0.2, 0) is 0 Å². The molecular weight excluding hydrogens is 615 g/mol. The number of rotatable bonds is 8. The SMILES string of the molecule is Cc1cc(C)c(N(c2ccc(N(c3ccncn3)c3nc(-c4ccccc4)nc(-c4ccccc4)n3)cc2)c2c(C)cc(C)cc2C)c(C)c1. The van der Waals surface area contributed by atoms with Crippen molar-refractivity contribution in [2.45, 2.75) is 41.5 Å². The summed E-state index contributed by atoms with van der Waals surface area (Å²) < 4.78 is 0. The molecule has 0 aliphatic heterocycles. The Morgan fingerprint density at radius 3 is 1.32 bits per heavy atom. The van der Waals surface area contributed by atoms with E-state index in [0.29, 0.717) is 23.4 Å². The molecule has 0 amide bonds. The molecule has 50 heavy (non-hydrogen) atoms. The van der Waals surface area contributed by atoms with Crippen LogP contribution in [0.3, 0.4) is 0 Å². The lowest BCUT2D eigenvalue weighted by molar-refractivity contribution is 0.999. The van der Waals surface area contributed by atoms with Gasteiger partial charge in [0.2, 0.25) is 5.95 Å². The van der Waals surface area contributed by atoms with Crippen LogP contribution in [0.2, 0.25) is 0 Å². The third-order valence-electron chi connectivity index (χ3n) is 8.77. The first-order chi connectivity index (χ1) is 24.3. The predicted octanol–water partition coefficient (Wildman–Crippen LogP) is 10.8. The van der Waals surface area contributed by atoms with Crippen molar-refractivity contribution in [3.8, 4) is 22.8 Å². The van der Waals surface area contributed by atoms with Crippen molar-refractivity contribution in [3.05, 3.63) is 161 Å². The lowest BCUT2D eigenvalue weighted by atomic mass is 9.99. The zero-order valence-corrected chi connectivity index (χ0v) is 29.3. The maximum absolute atomic E-state index is 5.03. The smallest absolute Gasteiger partial charge is 0.239 e. The summed E-state index contributed by atoms with van der Waals surface area (Å²) in [6.45, 7) is 13.1. The van der Waals surface area contributed by atoms with E-state index in [2.05, 4.69) is 105 Å². The minimum Gasteiger partial charge on any atom is -0.309 e. The highest BCUT2D eigenvalue weighted by atomic mass is 15.3. The number of hydrogen-bond acceptors (Lipinski definition) is 7. The number of benzene rings is 5. The molecule has 7 heteroatoms. The zero-order valence-electron chi connectivity index (χ0n) is 29.3. The molecule has 7 aromatic rings. The quantitative estimate of drug-likeness (QED) is 0.162. The zero-order chi connectivity index (χ0) is 34.8. The summed E-state index contributed by atoms with van der Waals surface area (Å²) in [5.41, 5.74) is 13.5. The maximum atomic E-state index is 5.03. The summed E-state index contributed by atoms with van der Waals surface area (Å²) in [5.74, 6) is 2.25. The van der Waals surface area contributed by atoms with Crippen molar-refractivity contribution < 1.29 is 0 Å². The van der Waals surface area contributed by atoms with Gasteiger partial charge in [0.05, 0.1) is 17.1 Å². The highest BCUT2D eigenvalue weighted by molar-refractivity contribution is 5.85. The van der Waals surface area contributed by atoms with Gasteiger partial charge < -0.3 is 4.90 Å². The highest BCUT2D eigenvalue weighted by Gasteiger charge is 2.24. The average Bonchev–Trinajstić information content (AvgIpc) is 3.12. The molecule has 0 spiro atoms. The fourth-order valence-corrected chi connectivity index (χ4v) is 6.83. The molecule has 0 aliphatic rings. The lowest BCUT2D eigenvalue weighted by Crippen LogP contribution is -2.18. The van der Waals surface area contributed by atoms with Crippen LogP contribution in [0.1, 0.15) is 33.4 Å². The topological polar surface area (TPSA) is 70.9 Å². The fraction of sp³-hybridized carbons (Fsp3) is 0.140. The van der Waals surface area contributed by atoms with Crippen LogP contribution in [-0.4, -0.2) is 24.9 Å². The van der Waals surface area contributed by atoms with Gasteiger partial charge in [0, 0.05) is 23.0 Å². The summed E-state index contributed by atoms with van der Waals surface area (Å²) in [4.78, 5) is 28.2. The minimum atomic E-state index is 0.455. The Balaban J connectivity index is 1.41. The molecule has 0 N–H and O–H groups in total. The second-order valence-corrected chi connectivity index (χ2v) is 12.8. The first-order valence-corrected chi connectivity index (χ1v) is 16.8. The molecule has 7 rings (SSSR count). The molecule has 7 nitrogen and oxygen atoms in total. The fourth-order valence-electron chi connectivity index (χ4n) is 6.83. The Morgan fingerprint density at radius 2 is 0.900 bits per heavy atom. The van der Waals surface area contributed by atoms with E-state index in [-0.39, 0.29) is 0 Å². The molecule has 2 heterocycles. The molecule has 2 aromatic heterocycles. The molecule has 0 atom stereocenters. The summed E-state index contributed by atoms with van der Waals surface area (Å²) in [6.07, 6.45) is 3.27. The van der Waals surface area contributed by atoms with E-state index in [9.17, 15) is 0 Å². The van der Waals surface area contributed by atoms with Crippen molar-refractivity contribution in [2.24, 2.45) is 0 Å². The Kier molecular flexibility index (Phi) is 8.88. The monoisotopic (exact) mass is 653 g/mol. The van der Waals surface area contributed by atoms with Crippen molar-refractivity contribution >= 4 is 34.5 Å². The molecule has 5 aromatic carbocycles. The molecule has 0 radical (unpaired) electrons. The molecule has 0 bridgehead atoms. The van der Waals surface area contributed by atoms with E-state index in [4.69, 9.17) is 15.0 Å². The van der Waals surface area contributed by atoms with E-state index in [0.717, 1.165) is 22.5 Å². The van der Waals surface area contributed by atoms with Crippen molar-refractivity contribution in [1.29, 1.82) is 0 Å². The van der Waals surface area contributed by atoms with Crippen LogP contribution in [0.15, 0.2) is 128 Å². The Bertz CT molecular complexity index is 2110. The normalized spacial score (nSPS) is 11.0. The average molecular weight is 654 g/mol. The lowest BCUT2D eigenvalue weighted by Gasteiger charge is -2.32. The van der Waals surface area contributed by atoms with Gasteiger partial charge in [-0.1, -0.05) is 96.1 Å². The Hall–Kier alpha value is -6.21. The van der Waals surface area contributed by atoms with Crippen LogP contribution in [0.4, 0.5) is 34.5 Å². The maximum Gasteiger partial charge on any atom is 0.239 e.